The van der Waals surface area contributed by atoms with Gasteiger partial charge in [-0.15, -0.1) is 0 Å². The van der Waals surface area contributed by atoms with E-state index in [1.54, 1.807) is 12.1 Å². The van der Waals surface area contributed by atoms with Crippen LogP contribution in [0.5, 0.6) is 5.75 Å². The summed E-state index contributed by atoms with van der Waals surface area (Å²) in [6.45, 7) is 4.96. The zero-order chi connectivity index (χ0) is 16.4. The van der Waals surface area contributed by atoms with E-state index >= 15 is 0 Å². The number of aromatic nitrogens is 1. The van der Waals surface area contributed by atoms with Crippen LogP contribution in [-0.4, -0.2) is 33.5 Å². The van der Waals surface area contributed by atoms with E-state index in [0.717, 1.165) is 13.0 Å². The minimum Gasteiger partial charge on any atom is -0.506 e. The predicted octanol–water partition coefficient (Wildman–Crippen LogP) is 3.04. The predicted molar refractivity (Wildman–Crippen MR) is 89.3 cm³/mol. The van der Waals surface area contributed by atoms with Gasteiger partial charge in [-0.05, 0) is 38.0 Å². The van der Waals surface area contributed by atoms with E-state index in [-0.39, 0.29) is 24.1 Å². The Morgan fingerprint density at radius 2 is 2.00 bits per heavy atom. The van der Waals surface area contributed by atoms with Crippen LogP contribution in [0.4, 0.5) is 0 Å². The molecule has 0 spiro atoms. The van der Waals surface area contributed by atoms with Gasteiger partial charge in [0.15, 0.2) is 0 Å². The second-order valence-electron chi connectivity index (χ2n) is 6.42. The molecule has 3 rings (SSSR count). The maximum atomic E-state index is 12.6. The number of benzene rings is 1. The maximum Gasteiger partial charge on any atom is 0.228 e. The van der Waals surface area contributed by atoms with Gasteiger partial charge in [-0.1, -0.05) is 29.8 Å². The van der Waals surface area contributed by atoms with E-state index in [2.05, 4.69) is 43.1 Å². The normalized spacial score (nSPS) is 20.7. The summed E-state index contributed by atoms with van der Waals surface area (Å²) in [6, 6.07) is 12.1. The third-order valence-electron chi connectivity index (χ3n) is 4.59. The van der Waals surface area contributed by atoms with Gasteiger partial charge in [0.2, 0.25) is 5.91 Å². The highest BCUT2D eigenvalue weighted by Crippen LogP contribution is 2.32. The summed E-state index contributed by atoms with van der Waals surface area (Å²) in [6.07, 6.45) is 2.66. The number of carbonyl (C=O) groups is 1. The Labute approximate surface area is 136 Å². The first-order valence-electron chi connectivity index (χ1n) is 8.03. The molecule has 2 unspecified atom stereocenters. The van der Waals surface area contributed by atoms with Crippen LogP contribution < -0.4 is 0 Å². The molecule has 2 heterocycles. The molecule has 4 heteroatoms. The SMILES string of the molecule is Cc1ccc(C2CC(C)N(C(=O)Cc3ccc(O)cn3)C2)cc1. The standard InChI is InChI=1S/C19H22N2O2/c1-13-3-5-15(6-4-13)16-9-14(2)21(12-16)19(23)10-17-7-8-18(22)11-20-17/h3-8,11,14,16,22H,9-10,12H2,1-2H3. The van der Waals surface area contributed by atoms with Crippen molar-refractivity contribution in [2.75, 3.05) is 6.54 Å². The van der Waals surface area contributed by atoms with E-state index in [1.807, 2.05) is 4.90 Å². The van der Waals surface area contributed by atoms with E-state index < -0.39 is 0 Å². The molecule has 23 heavy (non-hydrogen) atoms. The van der Waals surface area contributed by atoms with Gasteiger partial charge in [0, 0.05) is 24.2 Å². The Bertz CT molecular complexity index is 680. The van der Waals surface area contributed by atoms with E-state index in [0.29, 0.717) is 11.6 Å². The molecule has 4 nitrogen and oxygen atoms in total. The highest BCUT2D eigenvalue weighted by atomic mass is 16.3. The topological polar surface area (TPSA) is 53.4 Å². The number of carbonyl (C=O) groups excluding carboxylic acids is 1. The number of likely N-dealkylation sites (tertiary alicyclic amines) is 1. The van der Waals surface area contributed by atoms with Gasteiger partial charge in [0.25, 0.3) is 0 Å². The lowest BCUT2D eigenvalue weighted by atomic mass is 9.96. The summed E-state index contributed by atoms with van der Waals surface area (Å²) in [5.74, 6) is 0.628. The molecule has 0 saturated carbocycles. The van der Waals surface area contributed by atoms with Crippen molar-refractivity contribution in [3.05, 3.63) is 59.4 Å². The van der Waals surface area contributed by atoms with Crippen LogP contribution in [0.25, 0.3) is 0 Å². The molecule has 0 bridgehead atoms. The minimum atomic E-state index is 0.102. The highest BCUT2D eigenvalue weighted by Gasteiger charge is 2.33. The molecule has 0 radical (unpaired) electrons. The van der Waals surface area contributed by atoms with Crippen LogP contribution in [0.1, 0.15) is 36.1 Å². The van der Waals surface area contributed by atoms with Crippen LogP contribution in [0.2, 0.25) is 0 Å². The first-order chi connectivity index (χ1) is 11.0. The zero-order valence-corrected chi connectivity index (χ0v) is 13.6. The summed E-state index contributed by atoms with van der Waals surface area (Å²) < 4.78 is 0. The van der Waals surface area contributed by atoms with Gasteiger partial charge in [-0.2, -0.15) is 0 Å². The van der Waals surface area contributed by atoms with Gasteiger partial charge in [0.05, 0.1) is 12.6 Å². The van der Waals surface area contributed by atoms with Crippen LogP contribution in [-0.2, 0) is 11.2 Å². The Morgan fingerprint density at radius 3 is 2.65 bits per heavy atom. The second kappa shape index (κ2) is 6.41. The first kappa shape index (κ1) is 15.5. The molecule has 120 valence electrons. The molecule has 2 atom stereocenters. The number of rotatable bonds is 3. The molecule has 1 saturated heterocycles. The van der Waals surface area contributed by atoms with E-state index in [9.17, 15) is 9.90 Å². The van der Waals surface area contributed by atoms with Crippen molar-refractivity contribution in [3.8, 4) is 5.75 Å². The highest BCUT2D eigenvalue weighted by molar-refractivity contribution is 5.79. The van der Waals surface area contributed by atoms with Crippen molar-refractivity contribution in [2.24, 2.45) is 0 Å². The number of aryl methyl sites for hydroxylation is 1. The van der Waals surface area contributed by atoms with Crippen molar-refractivity contribution >= 4 is 5.91 Å². The summed E-state index contributed by atoms with van der Waals surface area (Å²) in [5, 5.41) is 9.27. The summed E-state index contributed by atoms with van der Waals surface area (Å²) in [4.78, 5) is 18.6. The Balaban J connectivity index is 1.67. The zero-order valence-electron chi connectivity index (χ0n) is 13.6. The van der Waals surface area contributed by atoms with Crippen LogP contribution in [0.15, 0.2) is 42.6 Å². The van der Waals surface area contributed by atoms with Crippen molar-refractivity contribution in [1.29, 1.82) is 0 Å². The molecule has 1 amide bonds. The number of hydrogen-bond acceptors (Lipinski definition) is 3. The van der Waals surface area contributed by atoms with Gasteiger partial charge in [0.1, 0.15) is 5.75 Å². The summed E-state index contributed by atoms with van der Waals surface area (Å²) >= 11 is 0. The first-order valence-corrected chi connectivity index (χ1v) is 8.03. The largest absolute Gasteiger partial charge is 0.506 e. The number of nitrogens with zero attached hydrogens (tertiary/aromatic N) is 2. The van der Waals surface area contributed by atoms with Crippen molar-refractivity contribution in [1.82, 2.24) is 9.88 Å². The van der Waals surface area contributed by atoms with E-state index in [4.69, 9.17) is 0 Å². The third kappa shape index (κ3) is 3.52. The second-order valence-corrected chi connectivity index (χ2v) is 6.42. The molecule has 0 aliphatic carbocycles. The van der Waals surface area contributed by atoms with Gasteiger partial charge >= 0.3 is 0 Å². The Kier molecular flexibility index (Phi) is 4.33. The lowest BCUT2D eigenvalue weighted by molar-refractivity contribution is -0.131. The Morgan fingerprint density at radius 1 is 1.26 bits per heavy atom. The minimum absolute atomic E-state index is 0.102. The number of pyridine rings is 1. The van der Waals surface area contributed by atoms with Gasteiger partial charge in [-0.25, -0.2) is 0 Å². The Hall–Kier alpha value is -2.36. The van der Waals surface area contributed by atoms with Crippen LogP contribution in [0, 0.1) is 6.92 Å². The molecule has 2 aromatic rings. The quantitative estimate of drug-likeness (QED) is 0.948. The number of aromatic hydroxyl groups is 1. The van der Waals surface area contributed by atoms with Crippen LogP contribution >= 0.6 is 0 Å². The van der Waals surface area contributed by atoms with E-state index in [1.165, 1.54) is 17.3 Å². The number of amides is 1. The molecule has 1 fully saturated rings. The monoisotopic (exact) mass is 310 g/mol. The van der Waals surface area contributed by atoms with Gasteiger partial charge < -0.3 is 10.0 Å². The molecular formula is C19H22N2O2. The molecule has 1 N–H and O–H groups in total. The summed E-state index contributed by atoms with van der Waals surface area (Å²) in [7, 11) is 0. The average Bonchev–Trinajstić information content (AvgIpc) is 2.92. The fourth-order valence-corrected chi connectivity index (χ4v) is 3.24. The molecule has 1 aliphatic rings. The van der Waals surface area contributed by atoms with Crippen molar-refractivity contribution in [3.63, 3.8) is 0 Å². The lowest BCUT2D eigenvalue weighted by Gasteiger charge is -2.21. The average molecular weight is 310 g/mol. The van der Waals surface area contributed by atoms with Gasteiger partial charge in [-0.3, -0.25) is 9.78 Å². The van der Waals surface area contributed by atoms with Crippen molar-refractivity contribution in [2.45, 2.75) is 38.6 Å². The summed E-state index contributed by atoms with van der Waals surface area (Å²) in [5.41, 5.74) is 3.26. The smallest absolute Gasteiger partial charge is 0.228 e. The van der Waals surface area contributed by atoms with Crippen molar-refractivity contribution < 1.29 is 9.90 Å². The molecule has 1 aromatic carbocycles. The fourth-order valence-electron chi connectivity index (χ4n) is 3.24. The molecule has 1 aliphatic heterocycles. The fraction of sp³-hybridized carbons (Fsp3) is 0.368. The van der Waals surface area contributed by atoms with Crippen LogP contribution in [0.3, 0.4) is 0 Å². The molecular weight excluding hydrogens is 288 g/mol. The third-order valence-corrected chi connectivity index (χ3v) is 4.59. The maximum absolute atomic E-state index is 12.6. The molecule has 1 aromatic heterocycles. The lowest BCUT2D eigenvalue weighted by Crippen LogP contribution is -2.35. The number of hydrogen-bond donors (Lipinski definition) is 1.